The molecule has 26 heavy (non-hydrogen) atoms. The Morgan fingerprint density at radius 3 is 2.15 bits per heavy atom. The number of aryl methyl sites for hydroxylation is 3. The molecule has 0 N–H and O–H groups in total. The van der Waals surface area contributed by atoms with E-state index in [1.54, 1.807) is 24.3 Å². The quantitative estimate of drug-likeness (QED) is 0.805. The van der Waals surface area contributed by atoms with E-state index in [1.165, 1.54) is 26.6 Å². The number of benzene rings is 2. The molecule has 1 fully saturated rings. The highest BCUT2D eigenvalue weighted by Crippen LogP contribution is 2.23. The largest absolute Gasteiger partial charge is 0.489 e. The van der Waals surface area contributed by atoms with Gasteiger partial charge in [0.1, 0.15) is 12.4 Å². The second kappa shape index (κ2) is 7.78. The zero-order valence-electron chi connectivity index (χ0n) is 15.5. The highest BCUT2D eigenvalue weighted by Gasteiger charge is 2.26. The van der Waals surface area contributed by atoms with Crippen molar-refractivity contribution in [1.29, 1.82) is 0 Å². The smallest absolute Gasteiger partial charge is 0.243 e. The van der Waals surface area contributed by atoms with Gasteiger partial charge in [-0.2, -0.15) is 4.31 Å². The van der Waals surface area contributed by atoms with Crippen LogP contribution in [0.3, 0.4) is 0 Å². The van der Waals surface area contributed by atoms with Crippen molar-refractivity contribution in [2.45, 2.75) is 32.3 Å². The molecule has 140 valence electrons. The lowest BCUT2D eigenvalue weighted by molar-refractivity contribution is 0.0730. The summed E-state index contributed by atoms with van der Waals surface area (Å²) in [7, 11) is -3.47. The van der Waals surface area contributed by atoms with Gasteiger partial charge in [0.05, 0.1) is 18.1 Å². The van der Waals surface area contributed by atoms with Crippen molar-refractivity contribution in [3.63, 3.8) is 0 Å². The fourth-order valence-electron chi connectivity index (χ4n) is 3.24. The topological polar surface area (TPSA) is 55.8 Å². The van der Waals surface area contributed by atoms with Crippen molar-refractivity contribution < 1.29 is 17.9 Å². The molecule has 1 aliphatic heterocycles. The molecule has 2 aromatic carbocycles. The van der Waals surface area contributed by atoms with Crippen molar-refractivity contribution >= 4 is 10.0 Å². The molecule has 1 aliphatic rings. The predicted molar refractivity (Wildman–Crippen MR) is 101 cm³/mol. The molecule has 0 radical (unpaired) electrons. The highest BCUT2D eigenvalue weighted by molar-refractivity contribution is 7.89. The first-order chi connectivity index (χ1) is 12.4. The summed E-state index contributed by atoms with van der Waals surface area (Å²) in [6, 6.07) is 10.9. The molecule has 0 atom stereocenters. The van der Waals surface area contributed by atoms with Crippen LogP contribution in [-0.2, 0) is 21.4 Å². The third kappa shape index (κ3) is 4.09. The van der Waals surface area contributed by atoms with Crippen LogP contribution in [-0.4, -0.2) is 39.0 Å². The second-order valence-corrected chi connectivity index (χ2v) is 8.59. The van der Waals surface area contributed by atoms with Crippen molar-refractivity contribution in [2.24, 2.45) is 0 Å². The molecule has 0 amide bonds. The van der Waals surface area contributed by atoms with E-state index in [-0.39, 0.29) is 4.90 Å². The van der Waals surface area contributed by atoms with Gasteiger partial charge in [-0.1, -0.05) is 17.7 Å². The number of hydrogen-bond acceptors (Lipinski definition) is 4. The monoisotopic (exact) mass is 375 g/mol. The Morgan fingerprint density at radius 2 is 1.58 bits per heavy atom. The maximum absolute atomic E-state index is 12.6. The Bertz CT molecular complexity index is 846. The number of hydrogen-bond donors (Lipinski definition) is 0. The lowest BCUT2D eigenvalue weighted by atomic mass is 10.0. The normalized spacial score (nSPS) is 15.8. The van der Waals surface area contributed by atoms with E-state index in [4.69, 9.17) is 9.47 Å². The van der Waals surface area contributed by atoms with Crippen LogP contribution in [0.15, 0.2) is 41.3 Å². The SMILES string of the molecule is Cc1cc(C)c(COc2ccc(S(=O)(=O)N3CCOCC3)cc2)c(C)c1. The Kier molecular flexibility index (Phi) is 5.65. The standard InChI is InChI=1S/C20H25NO4S/c1-15-12-16(2)20(17(3)13-15)14-25-18-4-6-19(7-5-18)26(22,23)21-8-10-24-11-9-21/h4-7,12-13H,8-11,14H2,1-3H3. The van der Waals surface area contributed by atoms with Crippen LogP contribution in [0, 0.1) is 20.8 Å². The van der Waals surface area contributed by atoms with Gasteiger partial charge >= 0.3 is 0 Å². The lowest BCUT2D eigenvalue weighted by Crippen LogP contribution is -2.40. The molecule has 1 saturated heterocycles. The lowest BCUT2D eigenvalue weighted by Gasteiger charge is -2.26. The minimum Gasteiger partial charge on any atom is -0.489 e. The minimum atomic E-state index is -3.47. The van der Waals surface area contributed by atoms with Crippen LogP contribution in [0.1, 0.15) is 22.3 Å². The van der Waals surface area contributed by atoms with Gasteiger partial charge < -0.3 is 9.47 Å². The molecule has 3 rings (SSSR count). The Labute approximate surface area is 155 Å². The van der Waals surface area contributed by atoms with Gasteiger partial charge in [0.2, 0.25) is 10.0 Å². The third-order valence-electron chi connectivity index (χ3n) is 4.66. The predicted octanol–water partition coefficient (Wildman–Crippen LogP) is 3.21. The summed E-state index contributed by atoms with van der Waals surface area (Å²) in [5, 5.41) is 0. The summed E-state index contributed by atoms with van der Waals surface area (Å²) in [6.45, 7) is 8.38. The molecule has 0 saturated carbocycles. The zero-order valence-corrected chi connectivity index (χ0v) is 16.3. The summed E-state index contributed by atoms with van der Waals surface area (Å²) < 4.78 is 37.8. The number of morpholine rings is 1. The van der Waals surface area contributed by atoms with E-state index in [0.717, 1.165) is 0 Å². The second-order valence-electron chi connectivity index (χ2n) is 6.65. The van der Waals surface area contributed by atoms with E-state index >= 15 is 0 Å². The third-order valence-corrected chi connectivity index (χ3v) is 6.57. The maximum atomic E-state index is 12.6. The Morgan fingerprint density at radius 1 is 1.00 bits per heavy atom. The summed E-state index contributed by atoms with van der Waals surface area (Å²) in [4.78, 5) is 0.287. The Hall–Kier alpha value is -1.89. The molecule has 0 bridgehead atoms. The van der Waals surface area contributed by atoms with Crippen molar-refractivity contribution in [3.8, 4) is 5.75 Å². The fraction of sp³-hybridized carbons (Fsp3) is 0.400. The van der Waals surface area contributed by atoms with Crippen molar-refractivity contribution in [1.82, 2.24) is 4.31 Å². The molecular formula is C20H25NO4S. The molecule has 2 aromatic rings. The summed E-state index contributed by atoms with van der Waals surface area (Å²) >= 11 is 0. The number of sulfonamides is 1. The van der Waals surface area contributed by atoms with Crippen LogP contribution >= 0.6 is 0 Å². The minimum absolute atomic E-state index is 0.287. The van der Waals surface area contributed by atoms with Gasteiger partial charge in [0.15, 0.2) is 0 Å². The maximum Gasteiger partial charge on any atom is 0.243 e. The summed E-state index contributed by atoms with van der Waals surface area (Å²) in [5.41, 5.74) is 4.81. The summed E-state index contributed by atoms with van der Waals surface area (Å²) in [5.74, 6) is 0.658. The van der Waals surface area contributed by atoms with Gasteiger partial charge in [-0.25, -0.2) is 8.42 Å². The molecule has 5 nitrogen and oxygen atoms in total. The molecule has 1 heterocycles. The van der Waals surface area contributed by atoms with Crippen LogP contribution in [0.2, 0.25) is 0 Å². The number of nitrogens with zero attached hydrogens (tertiary/aromatic N) is 1. The molecule has 6 heteroatoms. The Balaban J connectivity index is 1.70. The average molecular weight is 375 g/mol. The van der Waals surface area contributed by atoms with Gasteiger partial charge in [-0.05, 0) is 61.7 Å². The molecular weight excluding hydrogens is 350 g/mol. The molecule has 0 aliphatic carbocycles. The molecule has 0 unspecified atom stereocenters. The van der Waals surface area contributed by atoms with Gasteiger partial charge in [0, 0.05) is 13.1 Å². The molecule has 0 spiro atoms. The van der Waals surface area contributed by atoms with Crippen LogP contribution in [0.25, 0.3) is 0 Å². The van der Waals surface area contributed by atoms with Gasteiger partial charge in [-0.3, -0.25) is 0 Å². The van der Waals surface area contributed by atoms with Crippen LogP contribution in [0.4, 0.5) is 0 Å². The molecule has 0 aromatic heterocycles. The van der Waals surface area contributed by atoms with Crippen molar-refractivity contribution in [3.05, 3.63) is 58.7 Å². The van der Waals surface area contributed by atoms with E-state index < -0.39 is 10.0 Å². The first kappa shape index (κ1) is 18.9. The number of rotatable bonds is 5. The highest BCUT2D eigenvalue weighted by atomic mass is 32.2. The zero-order chi connectivity index (χ0) is 18.7. The van der Waals surface area contributed by atoms with E-state index in [9.17, 15) is 8.42 Å². The van der Waals surface area contributed by atoms with E-state index in [1.807, 2.05) is 0 Å². The van der Waals surface area contributed by atoms with E-state index in [0.29, 0.717) is 38.7 Å². The van der Waals surface area contributed by atoms with E-state index in [2.05, 4.69) is 32.9 Å². The first-order valence-corrected chi connectivity index (χ1v) is 10.2. The van der Waals surface area contributed by atoms with Crippen molar-refractivity contribution in [2.75, 3.05) is 26.3 Å². The summed E-state index contributed by atoms with van der Waals surface area (Å²) in [6.07, 6.45) is 0. The van der Waals surface area contributed by atoms with Crippen LogP contribution in [0.5, 0.6) is 5.75 Å². The van der Waals surface area contributed by atoms with Crippen LogP contribution < -0.4 is 4.74 Å². The van der Waals surface area contributed by atoms with Gasteiger partial charge in [-0.15, -0.1) is 0 Å². The fourth-order valence-corrected chi connectivity index (χ4v) is 4.64. The number of ether oxygens (including phenoxy) is 2. The average Bonchev–Trinajstić information content (AvgIpc) is 2.62. The first-order valence-electron chi connectivity index (χ1n) is 8.75. The van der Waals surface area contributed by atoms with Gasteiger partial charge in [0.25, 0.3) is 0 Å².